The average molecular weight is 402 g/mol. The molecule has 2 atom stereocenters. The molecule has 0 saturated carbocycles. The number of carbonyl (C=O) groups excluding carboxylic acids is 4. The fourth-order valence-electron chi connectivity index (χ4n) is 2.60. The Bertz CT molecular complexity index is 856. The third kappa shape index (κ3) is 4.92. The van der Waals surface area contributed by atoms with Gasteiger partial charge in [0, 0.05) is 18.1 Å². The smallest absolute Gasteiger partial charge is 0.408 e. The average Bonchev–Trinajstić information content (AvgIpc) is 3.23. The maximum atomic E-state index is 12.7. The maximum Gasteiger partial charge on any atom is 0.408 e. The number of benzene rings is 1. The van der Waals surface area contributed by atoms with Crippen molar-refractivity contribution in [3.8, 4) is 0 Å². The zero-order valence-corrected chi connectivity index (χ0v) is 15.5. The summed E-state index contributed by atoms with van der Waals surface area (Å²) in [5.74, 6) is -2.10. The molecule has 3 rings (SSSR count). The van der Waals surface area contributed by atoms with Crippen LogP contribution in [0.4, 0.5) is 4.79 Å². The molecule has 28 heavy (non-hydrogen) atoms. The summed E-state index contributed by atoms with van der Waals surface area (Å²) in [4.78, 5) is 52.3. The Hall–Kier alpha value is -3.27. The van der Waals surface area contributed by atoms with Crippen LogP contribution in [0.15, 0.2) is 41.9 Å². The van der Waals surface area contributed by atoms with E-state index in [0.29, 0.717) is 5.01 Å². The Balaban J connectivity index is 1.64. The molecule has 9 nitrogen and oxygen atoms in total. The number of nitrogens with zero attached hydrogens (tertiary/aromatic N) is 1. The molecule has 2 heterocycles. The largest absolute Gasteiger partial charge is 0.445 e. The molecule has 0 bridgehead atoms. The zero-order chi connectivity index (χ0) is 19.9. The number of rotatable bonds is 6. The first-order valence-electron chi connectivity index (χ1n) is 8.53. The third-order valence-electron chi connectivity index (χ3n) is 4.01. The Morgan fingerprint density at radius 3 is 2.79 bits per heavy atom. The van der Waals surface area contributed by atoms with Gasteiger partial charge in [0.05, 0.1) is 6.04 Å². The van der Waals surface area contributed by atoms with Crippen molar-refractivity contribution in [3.63, 3.8) is 0 Å². The molecule has 2 aromatic rings. The van der Waals surface area contributed by atoms with Crippen LogP contribution in [0.1, 0.15) is 23.0 Å². The minimum absolute atomic E-state index is 0.0418. The van der Waals surface area contributed by atoms with Crippen LogP contribution in [0.5, 0.6) is 0 Å². The van der Waals surface area contributed by atoms with E-state index in [2.05, 4.69) is 20.9 Å². The molecule has 10 heteroatoms. The van der Waals surface area contributed by atoms with Crippen LogP contribution in [-0.4, -0.2) is 41.3 Å². The summed E-state index contributed by atoms with van der Waals surface area (Å²) in [7, 11) is 0. The van der Waals surface area contributed by atoms with E-state index in [1.165, 1.54) is 17.5 Å². The molecule has 0 spiro atoms. The predicted octanol–water partition coefficient (Wildman–Crippen LogP) is 0.684. The number of nitrogens with one attached hydrogen (secondary N) is 3. The summed E-state index contributed by atoms with van der Waals surface area (Å²) >= 11 is 1.17. The van der Waals surface area contributed by atoms with E-state index in [1.54, 1.807) is 17.5 Å². The van der Waals surface area contributed by atoms with E-state index in [0.717, 1.165) is 5.56 Å². The molecule has 3 N–H and O–H groups in total. The highest BCUT2D eigenvalue weighted by Gasteiger charge is 2.34. The number of ketones is 1. The van der Waals surface area contributed by atoms with Crippen molar-refractivity contribution in [2.75, 3.05) is 6.54 Å². The molecule has 3 amide bonds. The number of Topliss-reactive ketones (excluding diaryl/α,β-unsaturated/α-hetero) is 1. The van der Waals surface area contributed by atoms with Crippen LogP contribution >= 0.6 is 11.3 Å². The summed E-state index contributed by atoms with van der Waals surface area (Å²) in [5.41, 5.74) is 0.798. The van der Waals surface area contributed by atoms with E-state index >= 15 is 0 Å². The van der Waals surface area contributed by atoms with E-state index in [1.807, 2.05) is 18.2 Å². The number of hydrogen-bond acceptors (Lipinski definition) is 7. The summed E-state index contributed by atoms with van der Waals surface area (Å²) < 4.78 is 5.15. The highest BCUT2D eigenvalue weighted by atomic mass is 32.1. The lowest BCUT2D eigenvalue weighted by Crippen LogP contribution is -2.55. The van der Waals surface area contributed by atoms with Gasteiger partial charge >= 0.3 is 6.09 Å². The molecule has 1 saturated heterocycles. The lowest BCUT2D eigenvalue weighted by atomic mass is 10.0. The van der Waals surface area contributed by atoms with Crippen LogP contribution in [0.3, 0.4) is 0 Å². The second kappa shape index (κ2) is 9.09. The second-order valence-corrected chi connectivity index (χ2v) is 6.91. The van der Waals surface area contributed by atoms with E-state index in [4.69, 9.17) is 4.74 Å². The molecular formula is C18H18N4O5S. The quantitative estimate of drug-likeness (QED) is 0.610. The number of amides is 3. The monoisotopic (exact) mass is 402 g/mol. The van der Waals surface area contributed by atoms with Gasteiger partial charge in [-0.3, -0.25) is 14.4 Å². The van der Waals surface area contributed by atoms with E-state index < -0.39 is 35.8 Å². The normalized spacial score (nSPS) is 17.4. The Morgan fingerprint density at radius 1 is 1.29 bits per heavy atom. The maximum absolute atomic E-state index is 12.7. The van der Waals surface area contributed by atoms with Gasteiger partial charge in [0.25, 0.3) is 5.91 Å². The molecule has 1 aromatic heterocycles. The van der Waals surface area contributed by atoms with Gasteiger partial charge in [-0.15, -0.1) is 11.3 Å². The second-order valence-electron chi connectivity index (χ2n) is 5.98. The lowest BCUT2D eigenvalue weighted by Gasteiger charge is -2.24. The summed E-state index contributed by atoms with van der Waals surface area (Å²) in [5, 5.41) is 9.39. The predicted molar refractivity (Wildman–Crippen MR) is 99.2 cm³/mol. The van der Waals surface area contributed by atoms with Crippen LogP contribution in [-0.2, 0) is 25.7 Å². The topological polar surface area (TPSA) is 126 Å². The van der Waals surface area contributed by atoms with E-state index in [-0.39, 0.29) is 19.6 Å². The fraction of sp³-hybridized carbons (Fsp3) is 0.278. The van der Waals surface area contributed by atoms with Gasteiger partial charge in [-0.25, -0.2) is 9.78 Å². The lowest BCUT2D eigenvalue weighted by molar-refractivity contribution is -0.141. The van der Waals surface area contributed by atoms with Crippen molar-refractivity contribution in [2.24, 2.45) is 0 Å². The summed E-state index contributed by atoms with van der Waals surface area (Å²) in [6.07, 6.45) is 0.974. The Morgan fingerprint density at radius 2 is 2.07 bits per heavy atom. The molecule has 1 aromatic carbocycles. The van der Waals surface area contributed by atoms with Crippen LogP contribution < -0.4 is 16.0 Å². The van der Waals surface area contributed by atoms with Crippen molar-refractivity contribution in [3.05, 3.63) is 52.5 Å². The fourth-order valence-corrected chi connectivity index (χ4v) is 3.28. The van der Waals surface area contributed by atoms with Crippen molar-refractivity contribution in [1.29, 1.82) is 0 Å². The van der Waals surface area contributed by atoms with Gasteiger partial charge < -0.3 is 20.7 Å². The molecule has 1 fully saturated rings. The van der Waals surface area contributed by atoms with Gasteiger partial charge in [-0.2, -0.15) is 0 Å². The van der Waals surface area contributed by atoms with Gasteiger partial charge in [0.2, 0.25) is 11.7 Å². The Kier molecular flexibility index (Phi) is 6.33. The molecule has 146 valence electrons. The number of hydrogen-bond donors (Lipinski definition) is 3. The first-order chi connectivity index (χ1) is 13.5. The molecule has 2 unspecified atom stereocenters. The first kappa shape index (κ1) is 19.5. The molecular weight excluding hydrogens is 384 g/mol. The van der Waals surface area contributed by atoms with Crippen molar-refractivity contribution >= 4 is 35.0 Å². The number of alkyl carbamates (subject to hydrolysis) is 1. The SMILES string of the molecule is O=C(NC(C(=O)NC1CCNC(=O)C1=O)c1nccs1)OCc1ccccc1. The standard InChI is InChI=1S/C18H18N4O5S/c23-14-12(6-7-19-16(14)25)21-15(24)13(17-20-8-9-28-17)22-18(26)27-10-11-4-2-1-3-5-11/h1-5,8-9,12-13H,6-7,10H2,(H,19,25)(H,21,24)(H,22,26). The summed E-state index contributed by atoms with van der Waals surface area (Å²) in [6, 6.07) is 7.02. The van der Waals surface area contributed by atoms with Crippen LogP contribution in [0.25, 0.3) is 0 Å². The van der Waals surface area contributed by atoms with Crippen molar-refractivity contribution in [2.45, 2.75) is 25.1 Å². The van der Waals surface area contributed by atoms with Crippen LogP contribution in [0, 0.1) is 0 Å². The van der Waals surface area contributed by atoms with Crippen molar-refractivity contribution < 1.29 is 23.9 Å². The number of thiazole rings is 1. The molecule has 0 radical (unpaired) electrons. The minimum Gasteiger partial charge on any atom is -0.445 e. The van der Waals surface area contributed by atoms with Gasteiger partial charge in [0.15, 0.2) is 6.04 Å². The van der Waals surface area contributed by atoms with Crippen molar-refractivity contribution in [1.82, 2.24) is 20.9 Å². The first-order valence-corrected chi connectivity index (χ1v) is 9.41. The zero-order valence-electron chi connectivity index (χ0n) is 14.7. The van der Waals surface area contributed by atoms with Gasteiger partial charge in [-0.05, 0) is 12.0 Å². The van der Waals surface area contributed by atoms with Gasteiger partial charge in [-0.1, -0.05) is 30.3 Å². The number of ether oxygens (including phenoxy) is 1. The molecule has 1 aliphatic rings. The van der Waals surface area contributed by atoms with Crippen LogP contribution in [0.2, 0.25) is 0 Å². The minimum atomic E-state index is -1.14. The molecule has 0 aliphatic carbocycles. The highest BCUT2D eigenvalue weighted by Crippen LogP contribution is 2.17. The third-order valence-corrected chi connectivity index (χ3v) is 4.85. The van der Waals surface area contributed by atoms with Gasteiger partial charge in [0.1, 0.15) is 11.6 Å². The number of carbonyl (C=O) groups is 4. The molecule has 1 aliphatic heterocycles. The van der Waals surface area contributed by atoms with E-state index in [9.17, 15) is 19.2 Å². The Labute approximate surface area is 164 Å². The number of piperidine rings is 1. The summed E-state index contributed by atoms with van der Waals surface area (Å²) in [6.45, 7) is 0.324. The number of aromatic nitrogens is 1. The highest BCUT2D eigenvalue weighted by molar-refractivity contribution is 7.09.